The molecule has 90 valence electrons. The zero-order valence-corrected chi connectivity index (χ0v) is 10.4. The second-order valence-corrected chi connectivity index (χ2v) is 4.61. The van der Waals surface area contributed by atoms with E-state index in [0.29, 0.717) is 0 Å². The summed E-state index contributed by atoms with van der Waals surface area (Å²) in [5.41, 5.74) is 0. The number of rotatable bonds is 7. The molecule has 2 unspecified atom stereocenters. The summed E-state index contributed by atoms with van der Waals surface area (Å²) in [6.45, 7) is 7.37. The summed E-state index contributed by atoms with van der Waals surface area (Å²) < 4.78 is 5.58. The van der Waals surface area contributed by atoms with Crippen LogP contribution in [0.25, 0.3) is 0 Å². The van der Waals surface area contributed by atoms with Gasteiger partial charge in [0, 0.05) is 19.3 Å². The van der Waals surface area contributed by atoms with E-state index in [4.69, 9.17) is 4.74 Å². The first kappa shape index (κ1) is 13.0. The summed E-state index contributed by atoms with van der Waals surface area (Å²) in [6, 6.07) is 0.758. The van der Waals surface area contributed by atoms with Crippen LogP contribution in [0.5, 0.6) is 0 Å². The van der Waals surface area contributed by atoms with Gasteiger partial charge in [0.05, 0.1) is 0 Å². The van der Waals surface area contributed by atoms with E-state index >= 15 is 0 Å². The van der Waals surface area contributed by atoms with Crippen LogP contribution in [0.4, 0.5) is 0 Å². The van der Waals surface area contributed by atoms with Crippen LogP contribution >= 0.6 is 0 Å². The third-order valence-corrected chi connectivity index (χ3v) is 3.36. The van der Waals surface area contributed by atoms with E-state index in [1.807, 2.05) is 0 Å². The lowest BCUT2D eigenvalue weighted by Crippen LogP contribution is -2.38. The Balaban J connectivity index is 2.17. The minimum atomic E-state index is 0.758. The van der Waals surface area contributed by atoms with Crippen LogP contribution in [0.3, 0.4) is 0 Å². The predicted octanol–water partition coefficient (Wildman–Crippen LogP) is 2.97. The first-order valence-corrected chi connectivity index (χ1v) is 6.69. The first-order chi connectivity index (χ1) is 7.38. The van der Waals surface area contributed by atoms with E-state index < -0.39 is 0 Å². The SMILES string of the molecule is CCCOCCC1CCCCC1NCC. The molecule has 1 saturated carbocycles. The van der Waals surface area contributed by atoms with Crippen LogP contribution in [0.1, 0.15) is 52.4 Å². The van der Waals surface area contributed by atoms with Gasteiger partial charge in [-0.15, -0.1) is 0 Å². The van der Waals surface area contributed by atoms with Crippen molar-refractivity contribution in [3.05, 3.63) is 0 Å². The summed E-state index contributed by atoms with van der Waals surface area (Å²) in [6.07, 6.45) is 7.97. The topological polar surface area (TPSA) is 21.3 Å². The maximum Gasteiger partial charge on any atom is 0.0469 e. The Bertz CT molecular complexity index is 147. The quantitative estimate of drug-likeness (QED) is 0.656. The molecule has 0 spiro atoms. The van der Waals surface area contributed by atoms with Crippen molar-refractivity contribution in [3.8, 4) is 0 Å². The normalized spacial score (nSPS) is 26.8. The summed E-state index contributed by atoms with van der Waals surface area (Å²) in [5, 5.41) is 3.62. The Hall–Kier alpha value is -0.0800. The molecule has 2 heteroatoms. The first-order valence-electron chi connectivity index (χ1n) is 6.69. The van der Waals surface area contributed by atoms with Gasteiger partial charge in [0.2, 0.25) is 0 Å². The molecule has 1 N–H and O–H groups in total. The summed E-state index contributed by atoms with van der Waals surface area (Å²) in [7, 11) is 0. The summed E-state index contributed by atoms with van der Waals surface area (Å²) >= 11 is 0. The van der Waals surface area contributed by atoms with Crippen molar-refractivity contribution in [2.75, 3.05) is 19.8 Å². The van der Waals surface area contributed by atoms with Gasteiger partial charge in [-0.2, -0.15) is 0 Å². The Labute approximate surface area is 94.8 Å². The van der Waals surface area contributed by atoms with Crippen LogP contribution in [0.15, 0.2) is 0 Å². The lowest BCUT2D eigenvalue weighted by molar-refractivity contribution is 0.106. The van der Waals surface area contributed by atoms with Gasteiger partial charge in [-0.05, 0) is 38.1 Å². The standard InChI is InChI=1S/C13H27NO/c1-3-10-15-11-9-12-7-5-6-8-13(12)14-4-2/h12-14H,3-11H2,1-2H3. The molecule has 1 fully saturated rings. The number of nitrogens with one attached hydrogen (secondary N) is 1. The fraction of sp³-hybridized carbons (Fsp3) is 1.00. The van der Waals surface area contributed by atoms with E-state index in [1.54, 1.807) is 0 Å². The third kappa shape index (κ3) is 4.98. The van der Waals surface area contributed by atoms with Crippen LogP contribution < -0.4 is 5.32 Å². The van der Waals surface area contributed by atoms with E-state index in [9.17, 15) is 0 Å². The van der Waals surface area contributed by atoms with Crippen LogP contribution in [-0.2, 0) is 4.74 Å². The minimum Gasteiger partial charge on any atom is -0.381 e. The highest BCUT2D eigenvalue weighted by Crippen LogP contribution is 2.26. The van der Waals surface area contributed by atoms with E-state index in [0.717, 1.165) is 38.1 Å². The molecule has 0 radical (unpaired) electrons. The van der Waals surface area contributed by atoms with Crippen molar-refractivity contribution in [1.82, 2.24) is 5.32 Å². The molecule has 2 nitrogen and oxygen atoms in total. The molecule has 0 heterocycles. The fourth-order valence-corrected chi connectivity index (χ4v) is 2.57. The van der Waals surface area contributed by atoms with Crippen molar-refractivity contribution < 1.29 is 4.74 Å². The highest BCUT2D eigenvalue weighted by atomic mass is 16.5. The van der Waals surface area contributed by atoms with Crippen LogP contribution in [0, 0.1) is 5.92 Å². The van der Waals surface area contributed by atoms with Crippen molar-refractivity contribution in [1.29, 1.82) is 0 Å². The number of hydrogen-bond donors (Lipinski definition) is 1. The lowest BCUT2D eigenvalue weighted by Gasteiger charge is -2.32. The van der Waals surface area contributed by atoms with Gasteiger partial charge in [-0.3, -0.25) is 0 Å². The van der Waals surface area contributed by atoms with Gasteiger partial charge in [-0.1, -0.05) is 26.7 Å². The van der Waals surface area contributed by atoms with E-state index in [1.165, 1.54) is 32.1 Å². The maximum atomic E-state index is 5.58. The van der Waals surface area contributed by atoms with E-state index in [2.05, 4.69) is 19.2 Å². The van der Waals surface area contributed by atoms with E-state index in [-0.39, 0.29) is 0 Å². The lowest BCUT2D eigenvalue weighted by atomic mass is 9.82. The Morgan fingerprint density at radius 1 is 1.13 bits per heavy atom. The number of ether oxygens (including phenoxy) is 1. The second kappa shape index (κ2) is 8.12. The molecule has 0 saturated heterocycles. The Morgan fingerprint density at radius 3 is 2.67 bits per heavy atom. The predicted molar refractivity (Wildman–Crippen MR) is 65.1 cm³/mol. The van der Waals surface area contributed by atoms with Gasteiger partial charge in [0.15, 0.2) is 0 Å². The molecule has 1 aliphatic carbocycles. The van der Waals surface area contributed by atoms with Crippen molar-refractivity contribution in [2.45, 2.75) is 58.4 Å². The van der Waals surface area contributed by atoms with Crippen molar-refractivity contribution in [2.24, 2.45) is 5.92 Å². The fourth-order valence-electron chi connectivity index (χ4n) is 2.57. The highest BCUT2D eigenvalue weighted by Gasteiger charge is 2.23. The molecule has 0 aromatic carbocycles. The Kier molecular flexibility index (Phi) is 7.03. The van der Waals surface area contributed by atoms with Gasteiger partial charge < -0.3 is 10.1 Å². The molecular formula is C13H27NO. The largest absolute Gasteiger partial charge is 0.381 e. The molecular weight excluding hydrogens is 186 g/mol. The smallest absolute Gasteiger partial charge is 0.0469 e. The molecule has 0 aromatic heterocycles. The molecule has 0 aliphatic heterocycles. The van der Waals surface area contributed by atoms with Crippen LogP contribution in [-0.4, -0.2) is 25.8 Å². The minimum absolute atomic E-state index is 0.758. The average Bonchev–Trinajstić information content (AvgIpc) is 2.27. The highest BCUT2D eigenvalue weighted by molar-refractivity contribution is 4.80. The van der Waals surface area contributed by atoms with Crippen molar-refractivity contribution in [3.63, 3.8) is 0 Å². The van der Waals surface area contributed by atoms with Gasteiger partial charge >= 0.3 is 0 Å². The molecule has 1 aliphatic rings. The number of hydrogen-bond acceptors (Lipinski definition) is 2. The molecule has 0 amide bonds. The molecule has 0 aromatic rings. The maximum absolute atomic E-state index is 5.58. The Morgan fingerprint density at radius 2 is 1.93 bits per heavy atom. The third-order valence-electron chi connectivity index (χ3n) is 3.36. The zero-order chi connectivity index (χ0) is 10.9. The van der Waals surface area contributed by atoms with Gasteiger partial charge in [0.1, 0.15) is 0 Å². The summed E-state index contributed by atoms with van der Waals surface area (Å²) in [4.78, 5) is 0. The van der Waals surface area contributed by atoms with Gasteiger partial charge in [0.25, 0.3) is 0 Å². The van der Waals surface area contributed by atoms with Gasteiger partial charge in [-0.25, -0.2) is 0 Å². The molecule has 1 rings (SSSR count). The summed E-state index contributed by atoms with van der Waals surface area (Å²) in [5.74, 6) is 0.857. The average molecular weight is 213 g/mol. The molecule has 2 atom stereocenters. The second-order valence-electron chi connectivity index (χ2n) is 4.61. The van der Waals surface area contributed by atoms with Crippen molar-refractivity contribution >= 4 is 0 Å². The van der Waals surface area contributed by atoms with Crippen LogP contribution in [0.2, 0.25) is 0 Å². The molecule has 0 bridgehead atoms. The molecule has 15 heavy (non-hydrogen) atoms. The monoisotopic (exact) mass is 213 g/mol. The zero-order valence-electron chi connectivity index (χ0n) is 10.4.